The maximum absolute atomic E-state index is 14.1. The lowest BCUT2D eigenvalue weighted by atomic mass is 9.96. The Labute approximate surface area is 179 Å². The fourth-order valence-corrected chi connectivity index (χ4v) is 5.08. The molecule has 2 aliphatic rings. The molecule has 1 aromatic carbocycles. The van der Waals surface area contributed by atoms with Gasteiger partial charge in [-0.15, -0.1) is 0 Å². The molecule has 1 aromatic heterocycles. The number of hydrogen-bond donors (Lipinski definition) is 3. The van der Waals surface area contributed by atoms with Gasteiger partial charge in [0.2, 0.25) is 0 Å². The Morgan fingerprint density at radius 2 is 2.13 bits per heavy atom. The minimum Gasteiger partial charge on any atom is -0.424 e. The van der Waals surface area contributed by atoms with Gasteiger partial charge in [-0.05, 0) is 12.1 Å². The molecular weight excluding hydrogens is 459 g/mol. The van der Waals surface area contributed by atoms with Crippen molar-refractivity contribution in [1.29, 1.82) is 0 Å². The Bertz CT molecular complexity index is 1090. The standard InChI is InChI=1S/C17H18F2N3O7PS/c18-15(19)17(8-27-30(31)26-7-9-3-1-2-4-10(9)29-30)13(24)12(23)14(28-17)22-6-5-11(20)21-16(22)25/h1-6,12-15,23-24H,7-8H2,(H2,20,21,25)/t12-,13+,14-,17-,30?/m1/s1. The highest BCUT2D eigenvalue weighted by Gasteiger charge is 2.61. The third kappa shape index (κ3) is 3.98. The van der Waals surface area contributed by atoms with E-state index >= 15 is 0 Å². The largest absolute Gasteiger partial charge is 0.424 e. The van der Waals surface area contributed by atoms with Crippen LogP contribution in [0.5, 0.6) is 5.75 Å². The summed E-state index contributed by atoms with van der Waals surface area (Å²) in [6, 6.07) is 8.07. The molecule has 2 aromatic rings. The van der Waals surface area contributed by atoms with Gasteiger partial charge < -0.3 is 25.2 Å². The van der Waals surface area contributed by atoms with Crippen LogP contribution in [0.25, 0.3) is 0 Å². The number of hydrogen-bond acceptors (Lipinski definition) is 10. The average molecular weight is 477 g/mol. The van der Waals surface area contributed by atoms with Crippen molar-refractivity contribution >= 4 is 24.3 Å². The lowest BCUT2D eigenvalue weighted by Crippen LogP contribution is -2.52. The zero-order valence-corrected chi connectivity index (χ0v) is 17.4. The van der Waals surface area contributed by atoms with Crippen molar-refractivity contribution < 1.29 is 37.3 Å². The van der Waals surface area contributed by atoms with Crippen molar-refractivity contribution in [3.05, 3.63) is 52.6 Å². The lowest BCUT2D eigenvalue weighted by molar-refractivity contribution is -0.193. The number of nitrogens with zero attached hydrogens (tertiary/aromatic N) is 2. The molecule has 2 aliphatic heterocycles. The van der Waals surface area contributed by atoms with E-state index in [1.54, 1.807) is 24.3 Å². The third-order valence-electron chi connectivity index (χ3n) is 4.96. The number of nitrogen functional groups attached to an aromatic ring is 1. The average Bonchev–Trinajstić information content (AvgIpc) is 2.98. The Hall–Kier alpha value is -1.99. The van der Waals surface area contributed by atoms with Gasteiger partial charge in [0.25, 0.3) is 6.43 Å². The summed E-state index contributed by atoms with van der Waals surface area (Å²) in [5.74, 6) is 0.288. The van der Waals surface area contributed by atoms with E-state index in [1.165, 1.54) is 6.07 Å². The molecule has 0 bridgehead atoms. The SMILES string of the molecule is Nc1ccn([C@@H]2O[C@@](COP3(=S)OCc4ccccc4O3)(C(F)F)[C@@H](O)[C@H]2O)c(=O)n1. The second-order valence-corrected chi connectivity index (χ2v) is 9.87. The van der Waals surface area contributed by atoms with Gasteiger partial charge in [-0.25, -0.2) is 13.6 Å². The quantitative estimate of drug-likeness (QED) is 0.533. The number of halogens is 2. The molecule has 1 fully saturated rings. The van der Waals surface area contributed by atoms with Crippen molar-refractivity contribution in [2.24, 2.45) is 0 Å². The highest BCUT2D eigenvalue weighted by atomic mass is 32.5. The molecule has 14 heteroatoms. The van der Waals surface area contributed by atoms with E-state index in [4.69, 9.17) is 35.8 Å². The predicted octanol–water partition coefficient (Wildman–Crippen LogP) is 0.930. The summed E-state index contributed by atoms with van der Waals surface area (Å²) in [4.78, 5) is 15.5. The summed E-state index contributed by atoms with van der Waals surface area (Å²) in [5.41, 5.74) is 2.46. The first kappa shape index (κ1) is 22.2. The fourth-order valence-electron chi connectivity index (χ4n) is 3.26. The van der Waals surface area contributed by atoms with Crippen molar-refractivity contribution in [1.82, 2.24) is 9.55 Å². The first-order valence-corrected chi connectivity index (χ1v) is 11.5. The lowest BCUT2D eigenvalue weighted by Gasteiger charge is -2.34. The number of para-hydroxylation sites is 1. The number of anilines is 1. The number of benzene rings is 1. The van der Waals surface area contributed by atoms with Crippen molar-refractivity contribution in [3.63, 3.8) is 0 Å². The maximum atomic E-state index is 14.1. The molecule has 0 radical (unpaired) electrons. The summed E-state index contributed by atoms with van der Waals surface area (Å²) < 4.78 is 50.7. The summed E-state index contributed by atoms with van der Waals surface area (Å²) >= 11 is 5.25. The van der Waals surface area contributed by atoms with E-state index in [0.717, 1.165) is 10.8 Å². The Morgan fingerprint density at radius 1 is 1.39 bits per heavy atom. The topological polar surface area (TPSA) is 138 Å². The Kier molecular flexibility index (Phi) is 5.85. The smallest absolute Gasteiger partial charge is 0.381 e. The van der Waals surface area contributed by atoms with Gasteiger partial charge in [0, 0.05) is 23.6 Å². The molecule has 0 saturated carbocycles. The molecule has 0 aliphatic carbocycles. The normalized spacial score (nSPS) is 32.6. The van der Waals surface area contributed by atoms with Gasteiger partial charge in [0.05, 0.1) is 13.2 Å². The van der Waals surface area contributed by atoms with Crippen LogP contribution in [0.1, 0.15) is 11.8 Å². The van der Waals surface area contributed by atoms with Crippen LogP contribution in [-0.4, -0.2) is 50.6 Å². The number of ether oxygens (including phenoxy) is 1. The Balaban J connectivity index is 1.58. The molecule has 0 spiro atoms. The number of nitrogens with two attached hydrogens (primary N) is 1. The number of aromatic nitrogens is 2. The monoisotopic (exact) mass is 477 g/mol. The van der Waals surface area contributed by atoms with E-state index in [0.29, 0.717) is 11.3 Å². The molecule has 10 nitrogen and oxygen atoms in total. The number of aliphatic hydroxyl groups excluding tert-OH is 2. The summed E-state index contributed by atoms with van der Waals surface area (Å²) in [5, 5.41) is 20.8. The molecule has 5 atom stereocenters. The third-order valence-corrected chi connectivity index (χ3v) is 7.13. The van der Waals surface area contributed by atoms with Gasteiger partial charge >= 0.3 is 12.4 Å². The van der Waals surface area contributed by atoms with Gasteiger partial charge in [-0.1, -0.05) is 18.2 Å². The van der Waals surface area contributed by atoms with E-state index in [1.807, 2.05) is 0 Å². The van der Waals surface area contributed by atoms with E-state index in [9.17, 15) is 23.8 Å². The molecule has 31 heavy (non-hydrogen) atoms. The number of aliphatic hydroxyl groups is 2. The van der Waals surface area contributed by atoms with Crippen LogP contribution in [-0.2, 0) is 32.2 Å². The predicted molar refractivity (Wildman–Crippen MR) is 106 cm³/mol. The first-order chi connectivity index (χ1) is 14.7. The van der Waals surface area contributed by atoms with Gasteiger partial charge in [0.15, 0.2) is 11.8 Å². The highest BCUT2D eigenvalue weighted by molar-refractivity contribution is 8.07. The maximum Gasteiger partial charge on any atom is 0.381 e. The van der Waals surface area contributed by atoms with Crippen LogP contribution in [0.4, 0.5) is 14.6 Å². The van der Waals surface area contributed by atoms with Gasteiger partial charge in [0.1, 0.15) is 23.8 Å². The molecule has 0 amide bonds. The Morgan fingerprint density at radius 3 is 2.84 bits per heavy atom. The van der Waals surface area contributed by atoms with Crippen molar-refractivity contribution in [2.45, 2.75) is 37.1 Å². The van der Waals surface area contributed by atoms with Crippen LogP contribution in [0.15, 0.2) is 41.3 Å². The highest BCUT2D eigenvalue weighted by Crippen LogP contribution is 2.56. The van der Waals surface area contributed by atoms with E-state index < -0.39 is 49.5 Å². The zero-order chi connectivity index (χ0) is 22.4. The summed E-state index contributed by atoms with van der Waals surface area (Å²) in [6.07, 6.45) is -7.89. The van der Waals surface area contributed by atoms with E-state index in [2.05, 4.69) is 4.98 Å². The van der Waals surface area contributed by atoms with Crippen LogP contribution in [0, 0.1) is 0 Å². The summed E-state index contributed by atoms with van der Waals surface area (Å²) in [6.45, 7) is -4.42. The minimum absolute atomic E-state index is 0.0519. The molecule has 1 saturated heterocycles. The second-order valence-electron chi connectivity index (χ2n) is 6.93. The zero-order valence-electron chi connectivity index (χ0n) is 15.7. The van der Waals surface area contributed by atoms with Crippen LogP contribution < -0.4 is 15.9 Å². The van der Waals surface area contributed by atoms with Gasteiger partial charge in [-0.3, -0.25) is 13.6 Å². The van der Waals surface area contributed by atoms with Crippen molar-refractivity contribution in [2.75, 3.05) is 12.3 Å². The molecule has 4 N–H and O–H groups in total. The van der Waals surface area contributed by atoms with Crippen LogP contribution in [0.3, 0.4) is 0 Å². The number of alkyl halides is 2. The van der Waals surface area contributed by atoms with Crippen molar-refractivity contribution in [3.8, 4) is 5.75 Å². The second kappa shape index (κ2) is 8.17. The molecule has 1 unspecified atom stereocenters. The molecule has 3 heterocycles. The minimum atomic E-state index is -3.50. The van der Waals surface area contributed by atoms with Crippen LogP contribution >= 0.6 is 6.72 Å². The molecule has 4 rings (SSSR count). The number of rotatable bonds is 5. The fraction of sp³-hybridized carbons (Fsp3) is 0.412. The molecule has 168 valence electrons. The first-order valence-electron chi connectivity index (χ1n) is 8.98. The van der Waals surface area contributed by atoms with Gasteiger partial charge in [-0.2, -0.15) is 4.98 Å². The number of fused-ring (bicyclic) bond motifs is 1. The van der Waals surface area contributed by atoms with E-state index in [-0.39, 0.29) is 12.4 Å². The summed E-state index contributed by atoms with van der Waals surface area (Å²) in [7, 11) is 0. The van der Waals surface area contributed by atoms with Crippen LogP contribution in [0.2, 0.25) is 0 Å². The molecular formula is C17H18F2N3O7PS.